The van der Waals surface area contributed by atoms with Crippen LogP contribution in [0.3, 0.4) is 0 Å². The Morgan fingerprint density at radius 1 is 0.949 bits per heavy atom. The molecule has 1 N–H and O–H groups in total. The van der Waals surface area contributed by atoms with E-state index in [0.717, 1.165) is 26.7 Å². The second kappa shape index (κ2) is 14.2. The molecule has 0 saturated heterocycles. The van der Waals surface area contributed by atoms with E-state index in [2.05, 4.69) is 5.32 Å². The second-order valence-electron chi connectivity index (χ2n) is 9.31. The quantitative estimate of drug-likeness (QED) is 0.297. The molecule has 39 heavy (non-hydrogen) atoms. The van der Waals surface area contributed by atoms with E-state index in [1.54, 1.807) is 43.3 Å². The molecule has 2 amide bonds. The van der Waals surface area contributed by atoms with Crippen LogP contribution in [0.5, 0.6) is 0 Å². The highest BCUT2D eigenvalue weighted by atomic mass is 32.2. The van der Waals surface area contributed by atoms with Crippen LogP contribution in [0.25, 0.3) is 0 Å². The van der Waals surface area contributed by atoms with Crippen molar-refractivity contribution in [3.63, 3.8) is 0 Å². The molecule has 0 aliphatic carbocycles. The van der Waals surface area contributed by atoms with Crippen LogP contribution < -0.4 is 9.62 Å². The highest BCUT2D eigenvalue weighted by molar-refractivity contribution is 7.98. The molecule has 3 aromatic carbocycles. The summed E-state index contributed by atoms with van der Waals surface area (Å²) in [5.41, 5.74) is 2.37. The zero-order valence-electron chi connectivity index (χ0n) is 23.0. The lowest BCUT2D eigenvalue weighted by molar-refractivity contribution is -0.138. The lowest BCUT2D eigenvalue weighted by Crippen LogP contribution is -2.52. The summed E-state index contributed by atoms with van der Waals surface area (Å²) < 4.78 is 28.9. The Kier molecular flexibility index (Phi) is 11.0. The van der Waals surface area contributed by atoms with Gasteiger partial charge in [0.15, 0.2) is 0 Å². The van der Waals surface area contributed by atoms with Gasteiger partial charge in [-0.1, -0.05) is 55.0 Å². The van der Waals surface area contributed by atoms with Crippen molar-refractivity contribution in [1.29, 1.82) is 0 Å². The molecule has 0 fully saturated rings. The van der Waals surface area contributed by atoms with E-state index in [0.29, 0.717) is 18.7 Å². The fourth-order valence-corrected chi connectivity index (χ4v) is 5.90. The zero-order chi connectivity index (χ0) is 28.4. The molecule has 1 atom stereocenters. The number of aryl methyl sites for hydroxylation is 1. The van der Waals surface area contributed by atoms with Gasteiger partial charge in [-0.25, -0.2) is 8.42 Å². The molecule has 0 aliphatic heterocycles. The first-order valence-electron chi connectivity index (χ1n) is 13.0. The van der Waals surface area contributed by atoms with Crippen molar-refractivity contribution in [2.75, 3.05) is 30.2 Å². The highest BCUT2D eigenvalue weighted by Gasteiger charge is 2.32. The van der Waals surface area contributed by atoms with Crippen LogP contribution in [0.2, 0.25) is 0 Å². The molecular weight excluding hydrogens is 530 g/mol. The van der Waals surface area contributed by atoms with Crippen molar-refractivity contribution in [3.8, 4) is 0 Å². The summed E-state index contributed by atoms with van der Waals surface area (Å²) in [4.78, 5) is 29.3. The summed E-state index contributed by atoms with van der Waals surface area (Å²) in [6.45, 7) is 5.89. The third-order valence-electron chi connectivity index (χ3n) is 6.45. The number of benzene rings is 3. The molecule has 0 spiro atoms. The number of amides is 2. The molecule has 0 aromatic heterocycles. The summed E-state index contributed by atoms with van der Waals surface area (Å²) in [7, 11) is -4.07. The molecule has 0 heterocycles. The maximum Gasteiger partial charge on any atom is 0.264 e. The number of hydrogen-bond donors (Lipinski definition) is 1. The third kappa shape index (κ3) is 8.10. The number of thioether (sulfide) groups is 1. The van der Waals surface area contributed by atoms with Gasteiger partial charge in [0.25, 0.3) is 10.0 Å². The molecule has 3 aromatic rings. The van der Waals surface area contributed by atoms with Gasteiger partial charge in [-0.05, 0) is 74.9 Å². The summed E-state index contributed by atoms with van der Waals surface area (Å²) in [5.74, 6) is -0.717. The van der Waals surface area contributed by atoms with E-state index in [-0.39, 0.29) is 17.3 Å². The van der Waals surface area contributed by atoms with Gasteiger partial charge in [0.05, 0.1) is 10.6 Å². The fraction of sp³-hybridized carbons (Fsp3) is 0.333. The molecule has 0 aliphatic rings. The normalized spacial score (nSPS) is 12.0. The first-order valence-corrected chi connectivity index (χ1v) is 15.7. The van der Waals surface area contributed by atoms with E-state index in [9.17, 15) is 18.0 Å². The highest BCUT2D eigenvalue weighted by Crippen LogP contribution is 2.26. The predicted octanol–water partition coefficient (Wildman–Crippen LogP) is 4.90. The molecule has 208 valence electrons. The second-order valence-corrected chi connectivity index (χ2v) is 12.1. The average Bonchev–Trinajstić information content (AvgIpc) is 2.95. The summed E-state index contributed by atoms with van der Waals surface area (Å²) in [5, 5.41) is 2.86. The SMILES string of the molecule is CCCNC(=O)[C@@H](C)N(CCc1ccccc1)C(=O)CN(c1ccc(C)cc1)S(=O)(=O)c1ccc(SC)cc1. The molecule has 7 nitrogen and oxygen atoms in total. The van der Waals surface area contributed by atoms with Crippen molar-refractivity contribution >= 4 is 39.3 Å². The van der Waals surface area contributed by atoms with Crippen molar-refractivity contribution in [2.24, 2.45) is 0 Å². The molecular formula is C30H37N3O4S2. The van der Waals surface area contributed by atoms with Crippen LogP contribution >= 0.6 is 11.8 Å². The van der Waals surface area contributed by atoms with E-state index in [1.165, 1.54) is 16.7 Å². The van der Waals surface area contributed by atoms with Crippen molar-refractivity contribution < 1.29 is 18.0 Å². The van der Waals surface area contributed by atoms with Gasteiger partial charge in [-0.15, -0.1) is 11.8 Å². The van der Waals surface area contributed by atoms with Gasteiger partial charge in [0.1, 0.15) is 12.6 Å². The van der Waals surface area contributed by atoms with Crippen molar-refractivity contribution in [1.82, 2.24) is 10.2 Å². The molecule has 0 bridgehead atoms. The molecule has 9 heteroatoms. The lowest BCUT2D eigenvalue weighted by atomic mass is 10.1. The number of nitrogens with zero attached hydrogens (tertiary/aromatic N) is 2. The van der Waals surface area contributed by atoms with E-state index < -0.39 is 28.5 Å². The number of anilines is 1. The number of rotatable bonds is 13. The Hall–Kier alpha value is -3.30. The minimum absolute atomic E-state index is 0.0956. The van der Waals surface area contributed by atoms with Crippen LogP contribution in [-0.4, -0.2) is 57.1 Å². The Morgan fingerprint density at radius 2 is 1.59 bits per heavy atom. The van der Waals surface area contributed by atoms with Gasteiger partial charge in [0.2, 0.25) is 11.8 Å². The lowest BCUT2D eigenvalue weighted by Gasteiger charge is -2.32. The number of carbonyl (C=O) groups excluding carboxylic acids is 2. The van der Waals surface area contributed by atoms with Gasteiger partial charge in [-0.2, -0.15) is 0 Å². The van der Waals surface area contributed by atoms with E-state index in [1.807, 2.05) is 62.6 Å². The van der Waals surface area contributed by atoms with E-state index >= 15 is 0 Å². The Bertz CT molecular complexity index is 1330. The minimum Gasteiger partial charge on any atom is -0.354 e. The number of carbonyl (C=O) groups is 2. The average molecular weight is 568 g/mol. The monoisotopic (exact) mass is 567 g/mol. The fourth-order valence-electron chi connectivity index (χ4n) is 4.08. The molecule has 0 radical (unpaired) electrons. The van der Waals surface area contributed by atoms with Gasteiger partial charge >= 0.3 is 0 Å². The van der Waals surface area contributed by atoms with Gasteiger partial charge < -0.3 is 10.2 Å². The van der Waals surface area contributed by atoms with Crippen LogP contribution in [-0.2, 0) is 26.0 Å². The summed E-state index contributed by atoms with van der Waals surface area (Å²) in [6, 6.07) is 22.6. The predicted molar refractivity (Wildman–Crippen MR) is 159 cm³/mol. The maximum atomic E-state index is 13.9. The number of nitrogens with one attached hydrogen (secondary N) is 1. The molecule has 0 saturated carbocycles. The third-order valence-corrected chi connectivity index (χ3v) is 8.98. The summed E-state index contributed by atoms with van der Waals surface area (Å²) >= 11 is 1.52. The van der Waals surface area contributed by atoms with Gasteiger partial charge in [0, 0.05) is 18.0 Å². The zero-order valence-corrected chi connectivity index (χ0v) is 24.6. The molecule has 3 rings (SSSR count). The largest absolute Gasteiger partial charge is 0.354 e. The first kappa shape index (κ1) is 30.2. The summed E-state index contributed by atoms with van der Waals surface area (Å²) in [6.07, 6.45) is 3.22. The Morgan fingerprint density at radius 3 is 2.18 bits per heavy atom. The van der Waals surface area contributed by atoms with Crippen LogP contribution in [0.4, 0.5) is 5.69 Å². The standard InChI is InChI=1S/C30H37N3O4S2/c1-5-20-31-30(35)24(3)32(21-19-25-9-7-6-8-10-25)29(34)22-33(26-13-11-23(2)12-14-26)39(36,37)28-17-15-27(38-4)16-18-28/h6-18,24H,5,19-22H2,1-4H3,(H,31,35)/t24-/m1/s1. The smallest absolute Gasteiger partial charge is 0.264 e. The first-order chi connectivity index (χ1) is 18.7. The van der Waals surface area contributed by atoms with Gasteiger partial charge in [-0.3, -0.25) is 13.9 Å². The Labute approximate surface area is 236 Å². The van der Waals surface area contributed by atoms with E-state index in [4.69, 9.17) is 0 Å². The van der Waals surface area contributed by atoms with Crippen LogP contribution in [0.15, 0.2) is 88.7 Å². The minimum atomic E-state index is -4.07. The Balaban J connectivity index is 1.96. The van der Waals surface area contributed by atoms with Crippen molar-refractivity contribution in [2.45, 2.75) is 49.4 Å². The number of sulfonamides is 1. The maximum absolute atomic E-state index is 13.9. The van der Waals surface area contributed by atoms with Crippen molar-refractivity contribution in [3.05, 3.63) is 90.0 Å². The molecule has 0 unspecified atom stereocenters. The van der Waals surface area contributed by atoms with Crippen LogP contribution in [0.1, 0.15) is 31.4 Å². The number of hydrogen-bond acceptors (Lipinski definition) is 5. The topological polar surface area (TPSA) is 86.8 Å². The van der Waals surface area contributed by atoms with Crippen LogP contribution in [0, 0.1) is 6.92 Å².